The predicted octanol–water partition coefficient (Wildman–Crippen LogP) is 5.52. The lowest BCUT2D eigenvalue weighted by Gasteiger charge is -2.24. The maximum Gasteiger partial charge on any atom is 0.296 e. The van der Waals surface area contributed by atoms with Crippen LogP contribution in [-0.2, 0) is 0 Å². The Kier molecular flexibility index (Phi) is 5.34. The quantitative estimate of drug-likeness (QED) is 0.389. The molecule has 0 saturated heterocycles. The Morgan fingerprint density at radius 1 is 1.15 bits per heavy atom. The number of nitrogens with zero attached hydrogens (tertiary/aromatic N) is 2. The number of amides is 1. The molecule has 2 aromatic heterocycles. The summed E-state index contributed by atoms with van der Waals surface area (Å²) in [6.45, 7) is 2.53. The van der Waals surface area contributed by atoms with E-state index >= 15 is 0 Å². The SMILES string of the molecule is CCCOc1cccc(C2c3c(oc4ccc(F)cc4c3=O)C(=O)N2c2ccc(Cl)cn2)c1. The van der Waals surface area contributed by atoms with Crippen molar-refractivity contribution >= 4 is 34.3 Å². The molecule has 0 spiro atoms. The van der Waals surface area contributed by atoms with Crippen molar-refractivity contribution in [2.75, 3.05) is 11.5 Å². The largest absolute Gasteiger partial charge is 0.494 e. The molecule has 3 heterocycles. The first-order chi connectivity index (χ1) is 16.0. The van der Waals surface area contributed by atoms with E-state index in [0.717, 1.165) is 12.5 Å². The molecule has 8 heteroatoms. The van der Waals surface area contributed by atoms with Gasteiger partial charge in [-0.3, -0.25) is 14.5 Å². The van der Waals surface area contributed by atoms with Crippen molar-refractivity contribution in [3.8, 4) is 5.75 Å². The molecule has 33 heavy (non-hydrogen) atoms. The number of pyridine rings is 1. The van der Waals surface area contributed by atoms with Crippen LogP contribution in [0.2, 0.25) is 5.02 Å². The number of benzene rings is 2. The molecular weight excluding hydrogens is 447 g/mol. The van der Waals surface area contributed by atoms with Crippen LogP contribution in [-0.4, -0.2) is 17.5 Å². The fraction of sp³-hybridized carbons (Fsp3) is 0.160. The summed E-state index contributed by atoms with van der Waals surface area (Å²) in [5, 5.41) is 0.473. The summed E-state index contributed by atoms with van der Waals surface area (Å²) in [4.78, 5) is 32.7. The standard InChI is InChI=1S/C25H18ClFN2O4/c1-2-10-32-17-5-3-4-14(11-17)22-21-23(30)18-12-16(27)7-8-19(18)33-24(21)25(31)29(22)20-9-6-15(26)13-28-20/h3-9,11-13,22H,2,10H2,1H3. The molecule has 0 aliphatic carbocycles. The number of hydrogen-bond acceptors (Lipinski definition) is 5. The van der Waals surface area contributed by atoms with Gasteiger partial charge in [0.05, 0.1) is 28.6 Å². The van der Waals surface area contributed by atoms with E-state index in [1.807, 2.05) is 6.92 Å². The lowest BCUT2D eigenvalue weighted by atomic mass is 9.98. The maximum absolute atomic E-state index is 13.9. The zero-order valence-corrected chi connectivity index (χ0v) is 18.3. The smallest absolute Gasteiger partial charge is 0.296 e. The average Bonchev–Trinajstić information content (AvgIpc) is 3.11. The molecule has 0 radical (unpaired) electrons. The highest BCUT2D eigenvalue weighted by Gasteiger charge is 2.44. The van der Waals surface area contributed by atoms with Gasteiger partial charge in [-0.2, -0.15) is 0 Å². The van der Waals surface area contributed by atoms with E-state index in [9.17, 15) is 14.0 Å². The second kappa shape index (κ2) is 8.33. The number of hydrogen-bond donors (Lipinski definition) is 0. The molecule has 1 aliphatic heterocycles. The third kappa shape index (κ3) is 3.64. The number of fused-ring (bicyclic) bond motifs is 2. The Bertz CT molecular complexity index is 1440. The number of rotatable bonds is 5. The van der Waals surface area contributed by atoms with Gasteiger partial charge in [-0.25, -0.2) is 9.37 Å². The first kappa shape index (κ1) is 21.2. The van der Waals surface area contributed by atoms with Crippen molar-refractivity contribution in [3.63, 3.8) is 0 Å². The van der Waals surface area contributed by atoms with Crippen LogP contribution < -0.4 is 15.1 Å². The summed E-state index contributed by atoms with van der Waals surface area (Å²) in [5.74, 6) is -0.277. The molecule has 5 rings (SSSR count). The summed E-state index contributed by atoms with van der Waals surface area (Å²) in [7, 11) is 0. The predicted molar refractivity (Wildman–Crippen MR) is 123 cm³/mol. The van der Waals surface area contributed by atoms with E-state index < -0.39 is 23.2 Å². The summed E-state index contributed by atoms with van der Waals surface area (Å²) in [5.41, 5.74) is 0.427. The molecule has 166 valence electrons. The van der Waals surface area contributed by atoms with Crippen molar-refractivity contribution in [2.45, 2.75) is 19.4 Å². The second-order valence-corrected chi connectivity index (χ2v) is 8.08. The molecule has 6 nitrogen and oxygen atoms in total. The summed E-state index contributed by atoms with van der Waals surface area (Å²) in [6.07, 6.45) is 2.25. The fourth-order valence-electron chi connectivity index (χ4n) is 4.00. The summed E-state index contributed by atoms with van der Waals surface area (Å²) >= 11 is 5.99. The third-order valence-corrected chi connectivity index (χ3v) is 5.66. The topological polar surface area (TPSA) is 72.6 Å². The van der Waals surface area contributed by atoms with Crippen LogP contribution in [0.15, 0.2) is 70.0 Å². The third-order valence-electron chi connectivity index (χ3n) is 5.44. The van der Waals surface area contributed by atoms with E-state index in [-0.39, 0.29) is 22.3 Å². The minimum absolute atomic E-state index is 0.0656. The highest BCUT2D eigenvalue weighted by atomic mass is 35.5. The van der Waals surface area contributed by atoms with Crippen LogP contribution in [0.25, 0.3) is 11.0 Å². The van der Waals surface area contributed by atoms with Crippen LogP contribution >= 0.6 is 11.6 Å². The number of ether oxygens (including phenoxy) is 1. The van der Waals surface area contributed by atoms with Gasteiger partial charge in [0.2, 0.25) is 5.76 Å². The van der Waals surface area contributed by atoms with Crippen LogP contribution in [0.4, 0.5) is 10.2 Å². The Morgan fingerprint density at radius 3 is 2.76 bits per heavy atom. The Morgan fingerprint density at radius 2 is 2.00 bits per heavy atom. The van der Waals surface area contributed by atoms with Crippen LogP contribution in [0.5, 0.6) is 5.75 Å². The Hall–Kier alpha value is -3.71. The lowest BCUT2D eigenvalue weighted by molar-refractivity contribution is 0.0970. The molecule has 4 aromatic rings. The molecule has 1 aliphatic rings. The normalized spacial score (nSPS) is 15.2. The molecule has 1 amide bonds. The average molecular weight is 465 g/mol. The zero-order valence-electron chi connectivity index (χ0n) is 17.5. The molecule has 0 fully saturated rings. The first-order valence-corrected chi connectivity index (χ1v) is 10.8. The second-order valence-electron chi connectivity index (χ2n) is 7.65. The van der Waals surface area contributed by atoms with Gasteiger partial charge in [0.15, 0.2) is 5.43 Å². The van der Waals surface area contributed by atoms with Crippen molar-refractivity contribution in [1.82, 2.24) is 4.98 Å². The van der Waals surface area contributed by atoms with E-state index in [4.69, 9.17) is 20.8 Å². The van der Waals surface area contributed by atoms with Gasteiger partial charge in [-0.05, 0) is 54.4 Å². The summed E-state index contributed by atoms with van der Waals surface area (Å²) in [6, 6.07) is 13.2. The number of anilines is 1. The minimum atomic E-state index is -0.838. The highest BCUT2D eigenvalue weighted by Crippen LogP contribution is 2.41. The van der Waals surface area contributed by atoms with Gasteiger partial charge >= 0.3 is 0 Å². The van der Waals surface area contributed by atoms with Crippen LogP contribution in [0, 0.1) is 5.82 Å². The highest BCUT2D eigenvalue weighted by molar-refractivity contribution is 6.30. The number of halogens is 2. The fourth-order valence-corrected chi connectivity index (χ4v) is 4.11. The van der Waals surface area contributed by atoms with Gasteiger partial charge in [-0.1, -0.05) is 30.7 Å². The van der Waals surface area contributed by atoms with Gasteiger partial charge in [-0.15, -0.1) is 0 Å². The number of aromatic nitrogens is 1. The Labute approximate surface area is 193 Å². The van der Waals surface area contributed by atoms with Crippen molar-refractivity contribution < 1.29 is 18.3 Å². The minimum Gasteiger partial charge on any atom is -0.494 e. The molecule has 0 bridgehead atoms. The number of carbonyl (C=O) groups excluding carboxylic acids is 1. The molecule has 0 N–H and O–H groups in total. The van der Waals surface area contributed by atoms with Crippen LogP contribution in [0.3, 0.4) is 0 Å². The van der Waals surface area contributed by atoms with E-state index in [1.165, 1.54) is 23.2 Å². The molecule has 1 atom stereocenters. The summed E-state index contributed by atoms with van der Waals surface area (Å²) < 4.78 is 25.5. The molecule has 1 unspecified atom stereocenters. The molecule has 2 aromatic carbocycles. The van der Waals surface area contributed by atoms with Crippen LogP contribution in [0.1, 0.15) is 41.1 Å². The Balaban J connectivity index is 1.76. The van der Waals surface area contributed by atoms with Crippen molar-refractivity contribution in [1.29, 1.82) is 0 Å². The van der Waals surface area contributed by atoms with Gasteiger partial charge in [0.1, 0.15) is 23.0 Å². The van der Waals surface area contributed by atoms with Gasteiger partial charge < -0.3 is 9.15 Å². The van der Waals surface area contributed by atoms with Gasteiger partial charge in [0.25, 0.3) is 5.91 Å². The molecule has 0 saturated carbocycles. The molecular formula is C25H18ClFN2O4. The van der Waals surface area contributed by atoms with Crippen molar-refractivity contribution in [2.24, 2.45) is 0 Å². The van der Waals surface area contributed by atoms with Crippen molar-refractivity contribution in [3.05, 3.63) is 98.7 Å². The number of carbonyl (C=O) groups is 1. The monoisotopic (exact) mass is 464 g/mol. The van der Waals surface area contributed by atoms with Gasteiger partial charge in [0, 0.05) is 6.20 Å². The zero-order chi connectivity index (χ0) is 23.1. The lowest BCUT2D eigenvalue weighted by Crippen LogP contribution is -2.30. The first-order valence-electron chi connectivity index (χ1n) is 10.4. The van der Waals surface area contributed by atoms with E-state index in [1.54, 1.807) is 36.4 Å². The van der Waals surface area contributed by atoms with E-state index in [0.29, 0.717) is 28.8 Å². The maximum atomic E-state index is 13.9. The van der Waals surface area contributed by atoms with E-state index in [2.05, 4.69) is 4.98 Å².